The number of nitrogens with zero attached hydrogens (tertiary/aromatic N) is 3. The number of para-hydroxylation sites is 1. The molecule has 6 heteroatoms. The van der Waals surface area contributed by atoms with Crippen LogP contribution < -0.4 is 10.5 Å². The molecule has 5 nitrogen and oxygen atoms in total. The first-order chi connectivity index (χ1) is 9.70. The number of anilines is 1. The Morgan fingerprint density at radius 1 is 1.10 bits per heavy atom. The molecule has 0 radical (unpaired) electrons. The van der Waals surface area contributed by atoms with E-state index in [1.807, 2.05) is 30.3 Å². The lowest BCUT2D eigenvalue weighted by Gasteiger charge is -2.02. The van der Waals surface area contributed by atoms with E-state index in [4.69, 9.17) is 10.5 Å². The van der Waals surface area contributed by atoms with Gasteiger partial charge in [-0.3, -0.25) is 0 Å². The van der Waals surface area contributed by atoms with Crippen LogP contribution in [0.15, 0.2) is 54.9 Å². The number of benzene rings is 2. The van der Waals surface area contributed by atoms with Gasteiger partial charge >= 0.3 is 6.01 Å². The number of hydrogen-bond acceptors (Lipinski definition) is 4. The number of nitrogen functional groups attached to an aromatic ring is 1. The lowest BCUT2D eigenvalue weighted by atomic mass is 10.3. The third-order valence-electron chi connectivity index (χ3n) is 2.59. The average molecular weight is 270 g/mol. The fourth-order valence-corrected chi connectivity index (χ4v) is 1.75. The van der Waals surface area contributed by atoms with Gasteiger partial charge < -0.3 is 10.5 Å². The maximum Gasteiger partial charge on any atom is 0.341 e. The van der Waals surface area contributed by atoms with Crippen LogP contribution in [0.2, 0.25) is 0 Å². The summed E-state index contributed by atoms with van der Waals surface area (Å²) in [5.74, 6) is -0.212. The van der Waals surface area contributed by atoms with Gasteiger partial charge in [0.15, 0.2) is 0 Å². The molecule has 20 heavy (non-hydrogen) atoms. The molecule has 0 atom stereocenters. The summed E-state index contributed by atoms with van der Waals surface area (Å²) in [5.41, 5.74) is 6.68. The lowest BCUT2D eigenvalue weighted by molar-refractivity contribution is 0.438. The van der Waals surface area contributed by atoms with E-state index in [1.54, 1.807) is 4.68 Å². The first-order valence-corrected chi connectivity index (χ1v) is 5.92. The molecular formula is C14H11FN4O. The molecule has 0 spiro atoms. The normalized spacial score (nSPS) is 10.4. The van der Waals surface area contributed by atoms with Gasteiger partial charge in [-0.1, -0.05) is 18.2 Å². The Morgan fingerprint density at radius 2 is 1.90 bits per heavy atom. The van der Waals surface area contributed by atoms with E-state index in [2.05, 4.69) is 10.1 Å². The predicted octanol–water partition coefficient (Wildman–Crippen LogP) is 2.78. The molecule has 0 fully saturated rings. The first-order valence-electron chi connectivity index (χ1n) is 5.92. The maximum atomic E-state index is 13.2. The fraction of sp³-hybridized carbons (Fsp3) is 0. The molecule has 0 aliphatic rings. The Labute approximate surface area is 114 Å². The summed E-state index contributed by atoms with van der Waals surface area (Å²) >= 11 is 0. The molecule has 0 saturated heterocycles. The third-order valence-corrected chi connectivity index (χ3v) is 2.59. The highest BCUT2D eigenvalue weighted by molar-refractivity contribution is 5.45. The molecule has 0 saturated carbocycles. The summed E-state index contributed by atoms with van der Waals surface area (Å²) in [7, 11) is 0. The van der Waals surface area contributed by atoms with Crippen LogP contribution in [0.3, 0.4) is 0 Å². The summed E-state index contributed by atoms with van der Waals surface area (Å²) in [4.78, 5) is 4.01. The highest BCUT2D eigenvalue weighted by atomic mass is 19.1. The van der Waals surface area contributed by atoms with Crippen molar-refractivity contribution in [2.75, 3.05) is 5.73 Å². The quantitative estimate of drug-likeness (QED) is 0.743. The van der Waals surface area contributed by atoms with Crippen LogP contribution in [0.4, 0.5) is 10.1 Å². The number of aromatic nitrogens is 3. The van der Waals surface area contributed by atoms with Gasteiger partial charge in [0.25, 0.3) is 0 Å². The van der Waals surface area contributed by atoms with E-state index in [9.17, 15) is 4.39 Å². The zero-order chi connectivity index (χ0) is 13.9. The monoisotopic (exact) mass is 270 g/mol. The van der Waals surface area contributed by atoms with Crippen LogP contribution in [0.5, 0.6) is 11.8 Å². The Morgan fingerprint density at radius 3 is 2.65 bits per heavy atom. The molecule has 0 aliphatic heterocycles. The highest BCUT2D eigenvalue weighted by Crippen LogP contribution is 2.22. The van der Waals surface area contributed by atoms with Crippen molar-refractivity contribution in [3.05, 3.63) is 60.7 Å². The lowest BCUT2D eigenvalue weighted by Crippen LogP contribution is -1.95. The summed E-state index contributed by atoms with van der Waals surface area (Å²) in [6.45, 7) is 0. The number of nitrogens with two attached hydrogens (primary N) is 1. The van der Waals surface area contributed by atoms with Crippen LogP contribution in [0.1, 0.15) is 0 Å². The van der Waals surface area contributed by atoms with Crippen LogP contribution in [0.25, 0.3) is 5.69 Å². The van der Waals surface area contributed by atoms with Gasteiger partial charge in [-0.25, -0.2) is 9.07 Å². The Hall–Kier alpha value is -2.89. The van der Waals surface area contributed by atoms with Crippen molar-refractivity contribution in [3.63, 3.8) is 0 Å². The molecule has 100 valence electrons. The van der Waals surface area contributed by atoms with Gasteiger partial charge in [-0.05, 0) is 18.2 Å². The van der Waals surface area contributed by atoms with E-state index in [0.29, 0.717) is 0 Å². The van der Waals surface area contributed by atoms with Crippen LogP contribution in [0, 0.1) is 5.82 Å². The molecule has 3 rings (SSSR count). The number of hydrogen-bond donors (Lipinski definition) is 1. The SMILES string of the molecule is Nc1cc(F)cc(Oc2ncn(-c3ccccc3)n2)c1. The van der Waals surface area contributed by atoms with Crippen molar-refractivity contribution in [2.45, 2.75) is 0 Å². The van der Waals surface area contributed by atoms with Gasteiger partial charge in [0.2, 0.25) is 0 Å². The molecule has 1 aromatic heterocycles. The number of ether oxygens (including phenoxy) is 1. The molecule has 0 aliphatic carbocycles. The molecule has 0 bridgehead atoms. The van der Waals surface area contributed by atoms with E-state index in [1.165, 1.54) is 24.5 Å². The Bertz CT molecular complexity index is 707. The van der Waals surface area contributed by atoms with E-state index >= 15 is 0 Å². The van der Waals surface area contributed by atoms with Gasteiger partial charge in [0, 0.05) is 17.8 Å². The van der Waals surface area contributed by atoms with Crippen molar-refractivity contribution >= 4 is 5.69 Å². The molecule has 2 N–H and O–H groups in total. The molecule has 0 amide bonds. The molecule has 3 aromatic rings. The fourth-order valence-electron chi connectivity index (χ4n) is 1.75. The van der Waals surface area contributed by atoms with Gasteiger partial charge in [-0.2, -0.15) is 4.98 Å². The van der Waals surface area contributed by atoms with Gasteiger partial charge in [-0.15, -0.1) is 5.10 Å². The number of rotatable bonds is 3. The number of halogens is 1. The Balaban J connectivity index is 1.84. The van der Waals surface area contributed by atoms with Crippen LogP contribution >= 0.6 is 0 Å². The second kappa shape index (κ2) is 5.00. The maximum absolute atomic E-state index is 13.2. The summed E-state index contributed by atoms with van der Waals surface area (Å²) in [5, 5.41) is 4.16. The minimum atomic E-state index is -0.470. The standard InChI is InChI=1S/C14H11FN4O/c15-10-6-11(16)8-13(7-10)20-14-17-9-19(18-14)12-4-2-1-3-5-12/h1-9H,16H2. The third kappa shape index (κ3) is 2.59. The largest absolute Gasteiger partial charge is 0.423 e. The molecule has 2 aromatic carbocycles. The first kappa shape index (κ1) is 12.2. The van der Waals surface area contributed by atoms with Crippen molar-refractivity contribution in [2.24, 2.45) is 0 Å². The van der Waals surface area contributed by atoms with E-state index in [-0.39, 0.29) is 17.4 Å². The van der Waals surface area contributed by atoms with Crippen LogP contribution in [-0.2, 0) is 0 Å². The van der Waals surface area contributed by atoms with Crippen molar-refractivity contribution in [1.82, 2.24) is 14.8 Å². The minimum absolute atomic E-state index is 0.124. The van der Waals surface area contributed by atoms with Crippen LogP contribution in [-0.4, -0.2) is 14.8 Å². The van der Waals surface area contributed by atoms with Gasteiger partial charge in [0.05, 0.1) is 5.69 Å². The van der Waals surface area contributed by atoms with Crippen molar-refractivity contribution in [1.29, 1.82) is 0 Å². The smallest absolute Gasteiger partial charge is 0.341 e. The zero-order valence-corrected chi connectivity index (χ0v) is 10.4. The van der Waals surface area contributed by atoms with Crippen molar-refractivity contribution < 1.29 is 9.13 Å². The summed E-state index contributed by atoms with van der Waals surface area (Å²) < 4.78 is 20.1. The topological polar surface area (TPSA) is 66.0 Å². The molecule has 1 heterocycles. The molecular weight excluding hydrogens is 259 g/mol. The van der Waals surface area contributed by atoms with Crippen molar-refractivity contribution in [3.8, 4) is 17.4 Å². The Kier molecular flexibility index (Phi) is 3.04. The average Bonchev–Trinajstić information content (AvgIpc) is 2.87. The van der Waals surface area contributed by atoms with E-state index in [0.717, 1.165) is 5.69 Å². The van der Waals surface area contributed by atoms with E-state index < -0.39 is 5.82 Å². The predicted molar refractivity (Wildman–Crippen MR) is 72.2 cm³/mol. The second-order valence-electron chi connectivity index (χ2n) is 4.13. The molecule has 0 unspecified atom stereocenters. The zero-order valence-electron chi connectivity index (χ0n) is 10.4. The summed E-state index contributed by atoms with van der Waals surface area (Å²) in [6.07, 6.45) is 1.52. The highest BCUT2D eigenvalue weighted by Gasteiger charge is 2.06. The minimum Gasteiger partial charge on any atom is -0.423 e. The second-order valence-corrected chi connectivity index (χ2v) is 4.13. The summed E-state index contributed by atoms with van der Waals surface area (Å²) in [6, 6.07) is 13.5. The van der Waals surface area contributed by atoms with Gasteiger partial charge in [0.1, 0.15) is 17.9 Å².